The summed E-state index contributed by atoms with van der Waals surface area (Å²) in [6.45, 7) is 0. The van der Waals surface area contributed by atoms with Gasteiger partial charge >= 0.3 is 11.8 Å². The Labute approximate surface area is 79.8 Å². The molecule has 2 atom stereocenters. The lowest BCUT2D eigenvalue weighted by atomic mass is 9.66. The normalized spacial score (nSPS) is 46.5. The van der Waals surface area contributed by atoms with Crippen LogP contribution in [-0.2, 0) is 0 Å². The number of hydrogen-bond donors (Lipinski definition) is 0. The quantitative estimate of drug-likeness (QED) is 0.564. The van der Waals surface area contributed by atoms with Crippen molar-refractivity contribution in [3.63, 3.8) is 0 Å². The molecule has 0 N–H and O–H groups in total. The number of alkyl halides is 6. The molecular weight excluding hydrogens is 229 g/mol. The van der Waals surface area contributed by atoms with Gasteiger partial charge < -0.3 is 0 Å². The van der Waals surface area contributed by atoms with Gasteiger partial charge in [0, 0.05) is 0 Å². The highest BCUT2D eigenvalue weighted by atomic mass is 19.3. The summed E-state index contributed by atoms with van der Waals surface area (Å²) in [5, 5.41) is 0. The maximum atomic E-state index is 13.3. The van der Waals surface area contributed by atoms with Crippen molar-refractivity contribution in [2.45, 2.75) is 36.0 Å². The number of hydrogen-bond acceptors (Lipinski definition) is 0. The maximum absolute atomic E-state index is 13.3. The molecule has 7 heteroatoms. The predicted molar refractivity (Wildman–Crippen MR) is 36.0 cm³/mol. The van der Waals surface area contributed by atoms with Crippen LogP contribution in [0, 0.1) is 0 Å². The molecule has 3 aliphatic rings. The SMILES string of the molecule is FC1=CC2(F)CCC1(F)C(F)(F)C2(F)F. The van der Waals surface area contributed by atoms with Gasteiger partial charge in [-0.2, -0.15) is 17.6 Å². The molecule has 0 amide bonds. The fraction of sp³-hybridized carbons (Fsp3) is 0.750. The fourth-order valence-corrected chi connectivity index (χ4v) is 1.93. The molecule has 0 radical (unpaired) electrons. The second-order valence-electron chi connectivity index (χ2n) is 3.80. The summed E-state index contributed by atoms with van der Waals surface area (Å²) in [4.78, 5) is 0. The lowest BCUT2D eigenvalue weighted by molar-refractivity contribution is -0.334. The minimum atomic E-state index is -5.36. The summed E-state index contributed by atoms with van der Waals surface area (Å²) in [6.07, 6.45) is -2.80. The standard InChI is InChI=1S/C8H5F7/c9-4-3-5(10)1-2-6(4,11)8(14,15)7(5,12)13/h3H,1-2H2. The summed E-state index contributed by atoms with van der Waals surface area (Å²) >= 11 is 0. The zero-order valence-electron chi connectivity index (χ0n) is 7.14. The molecule has 3 rings (SSSR count). The predicted octanol–water partition coefficient (Wildman–Crippen LogP) is 3.33. The van der Waals surface area contributed by atoms with E-state index in [0.29, 0.717) is 0 Å². The van der Waals surface area contributed by atoms with Crippen LogP contribution in [0.1, 0.15) is 12.8 Å². The molecule has 1 fully saturated rings. The molecule has 0 aromatic rings. The van der Waals surface area contributed by atoms with Crippen molar-refractivity contribution in [2.24, 2.45) is 0 Å². The van der Waals surface area contributed by atoms with Crippen molar-refractivity contribution in [2.75, 3.05) is 0 Å². The maximum Gasteiger partial charge on any atom is 0.353 e. The average Bonchev–Trinajstić information content (AvgIpc) is 2.09. The summed E-state index contributed by atoms with van der Waals surface area (Å²) in [5.41, 5.74) is -7.88. The number of allylic oxidation sites excluding steroid dienone is 2. The van der Waals surface area contributed by atoms with Gasteiger partial charge in [0.15, 0.2) is 0 Å². The van der Waals surface area contributed by atoms with Crippen molar-refractivity contribution in [3.8, 4) is 0 Å². The first-order chi connectivity index (χ1) is 6.58. The monoisotopic (exact) mass is 234 g/mol. The number of halogens is 7. The van der Waals surface area contributed by atoms with Gasteiger partial charge in [-0.05, 0) is 18.9 Å². The summed E-state index contributed by atoms with van der Waals surface area (Å²) in [7, 11) is 0. The summed E-state index contributed by atoms with van der Waals surface area (Å²) in [6, 6.07) is 0. The Balaban J connectivity index is 2.70. The van der Waals surface area contributed by atoms with Gasteiger partial charge in [0.25, 0.3) is 0 Å². The minimum absolute atomic E-state index is 0.367. The molecule has 0 heterocycles. The first-order valence-electron chi connectivity index (χ1n) is 4.11. The molecule has 0 saturated heterocycles. The van der Waals surface area contributed by atoms with E-state index in [9.17, 15) is 30.7 Å². The Morgan fingerprint density at radius 2 is 1.40 bits per heavy atom. The Morgan fingerprint density at radius 3 is 1.87 bits per heavy atom. The van der Waals surface area contributed by atoms with E-state index < -0.39 is 41.9 Å². The average molecular weight is 234 g/mol. The lowest BCUT2D eigenvalue weighted by Gasteiger charge is -2.50. The highest BCUT2D eigenvalue weighted by Crippen LogP contribution is 2.65. The third-order valence-corrected chi connectivity index (χ3v) is 2.98. The van der Waals surface area contributed by atoms with Gasteiger partial charge in [-0.1, -0.05) is 0 Å². The molecule has 0 aliphatic heterocycles. The Hall–Kier alpha value is -0.750. The van der Waals surface area contributed by atoms with Crippen molar-refractivity contribution >= 4 is 0 Å². The van der Waals surface area contributed by atoms with Crippen LogP contribution in [0.25, 0.3) is 0 Å². The van der Waals surface area contributed by atoms with E-state index in [4.69, 9.17) is 0 Å². The van der Waals surface area contributed by atoms with Gasteiger partial charge in [0.1, 0.15) is 5.83 Å². The molecule has 2 bridgehead atoms. The lowest BCUT2D eigenvalue weighted by Crippen LogP contribution is -2.71. The largest absolute Gasteiger partial charge is 0.353 e. The van der Waals surface area contributed by atoms with E-state index in [2.05, 4.69) is 0 Å². The topological polar surface area (TPSA) is 0 Å². The number of rotatable bonds is 0. The molecule has 0 spiro atoms. The molecule has 86 valence electrons. The second kappa shape index (κ2) is 2.32. The molecule has 0 nitrogen and oxygen atoms in total. The third kappa shape index (κ3) is 0.856. The van der Waals surface area contributed by atoms with Crippen LogP contribution in [0.2, 0.25) is 0 Å². The Kier molecular flexibility index (Phi) is 1.67. The van der Waals surface area contributed by atoms with E-state index >= 15 is 0 Å². The first kappa shape index (κ1) is 10.8. The van der Waals surface area contributed by atoms with Gasteiger partial charge in [0.05, 0.1) is 0 Å². The zero-order chi connectivity index (χ0) is 11.7. The molecule has 3 aliphatic carbocycles. The third-order valence-electron chi connectivity index (χ3n) is 2.98. The van der Waals surface area contributed by atoms with E-state index in [1.165, 1.54) is 0 Å². The van der Waals surface area contributed by atoms with Crippen LogP contribution < -0.4 is 0 Å². The van der Waals surface area contributed by atoms with E-state index in [-0.39, 0.29) is 6.08 Å². The van der Waals surface area contributed by atoms with Crippen molar-refractivity contribution in [3.05, 3.63) is 11.9 Å². The Morgan fingerprint density at radius 1 is 0.867 bits per heavy atom. The van der Waals surface area contributed by atoms with Gasteiger partial charge in [-0.25, -0.2) is 13.2 Å². The van der Waals surface area contributed by atoms with Gasteiger partial charge in [-0.15, -0.1) is 0 Å². The van der Waals surface area contributed by atoms with Gasteiger partial charge in [-0.3, -0.25) is 0 Å². The molecule has 15 heavy (non-hydrogen) atoms. The van der Waals surface area contributed by atoms with Crippen molar-refractivity contribution in [1.29, 1.82) is 0 Å². The molecule has 0 aromatic carbocycles. The summed E-state index contributed by atoms with van der Waals surface area (Å²) < 4.78 is 91.1. The zero-order valence-corrected chi connectivity index (χ0v) is 7.14. The number of fused-ring (bicyclic) bond motifs is 2. The van der Waals surface area contributed by atoms with Crippen LogP contribution in [0.4, 0.5) is 30.7 Å². The van der Waals surface area contributed by atoms with E-state index in [1.54, 1.807) is 0 Å². The highest BCUT2D eigenvalue weighted by molar-refractivity contribution is 5.37. The molecule has 0 aromatic heterocycles. The fourth-order valence-electron chi connectivity index (χ4n) is 1.93. The summed E-state index contributed by atoms with van der Waals surface area (Å²) in [5.74, 6) is -12.7. The molecular formula is C8H5F7. The van der Waals surface area contributed by atoms with Crippen LogP contribution in [0.3, 0.4) is 0 Å². The van der Waals surface area contributed by atoms with Crippen LogP contribution in [0.5, 0.6) is 0 Å². The van der Waals surface area contributed by atoms with Crippen molar-refractivity contribution < 1.29 is 30.7 Å². The van der Waals surface area contributed by atoms with Crippen molar-refractivity contribution in [1.82, 2.24) is 0 Å². The van der Waals surface area contributed by atoms with E-state index in [1.807, 2.05) is 0 Å². The van der Waals surface area contributed by atoms with Crippen LogP contribution in [0.15, 0.2) is 11.9 Å². The van der Waals surface area contributed by atoms with Gasteiger partial charge in [0.2, 0.25) is 11.3 Å². The molecule has 2 unspecified atom stereocenters. The van der Waals surface area contributed by atoms with E-state index in [0.717, 1.165) is 0 Å². The van der Waals surface area contributed by atoms with Crippen LogP contribution >= 0.6 is 0 Å². The Bertz CT molecular complexity index is 347. The smallest absolute Gasteiger partial charge is 0.232 e. The first-order valence-corrected chi connectivity index (χ1v) is 4.11. The minimum Gasteiger partial charge on any atom is -0.232 e. The second-order valence-corrected chi connectivity index (χ2v) is 3.80. The highest BCUT2D eigenvalue weighted by Gasteiger charge is 2.84. The molecule has 1 saturated carbocycles. The van der Waals surface area contributed by atoms with Crippen LogP contribution in [-0.4, -0.2) is 23.2 Å².